The minimum absolute atomic E-state index is 0.0728. The van der Waals surface area contributed by atoms with Crippen LogP contribution in [-0.2, 0) is 10.8 Å². The Labute approximate surface area is 405 Å². The SMILES string of the molecule is Cc1c2c3cc(C(C)(C)C)cc4c5c6c(ncc5n(c2c(C)c2c5cc(C(C)(C)C)cc7c8c9c(ncc8n(c12)c75)C1c2ccccc2C9c2ccccc21)c43)C1c2ccccc2C6c2ccccc21. The standard InChI is InChI=1S/C66H50N4/c1-31-49-43-25-33(65(3,4)5)27-45-56-48(30-68-60-54-41-23-15-11-19-37(41)52(58(56)60)38-20-12-16-24-42(38)54)70(63(43)45)62(49)32(2)50-44-26-34(66(6,7)8)28-46-55-47(69(61(31)50)64(44)46)29-67-59-53-39-21-13-9-17-35(39)51(57(55)59)36-18-10-14-22-40(36)53/h9-30,51-54H,1-8H3. The molecule has 6 aliphatic carbocycles. The largest absolute Gasteiger partial charge is 0.306 e. The summed E-state index contributed by atoms with van der Waals surface area (Å²) in [4.78, 5) is 11.2. The van der Waals surface area contributed by atoms with Gasteiger partial charge in [0.25, 0.3) is 0 Å². The fraction of sp³-hybridized carbons (Fsp3) is 0.212. The van der Waals surface area contributed by atoms with E-state index < -0.39 is 0 Å². The number of aromatic nitrogens is 4. The van der Waals surface area contributed by atoms with E-state index in [9.17, 15) is 0 Å². The van der Waals surface area contributed by atoms with Crippen molar-refractivity contribution >= 4 is 76.2 Å². The van der Waals surface area contributed by atoms with Crippen LogP contribution in [0.25, 0.3) is 76.2 Å². The third kappa shape index (κ3) is 4.16. The monoisotopic (exact) mass is 898 g/mol. The lowest BCUT2D eigenvalue weighted by atomic mass is 9.62. The highest BCUT2D eigenvalue weighted by Gasteiger charge is 2.46. The van der Waals surface area contributed by atoms with Gasteiger partial charge in [-0.05, 0) is 127 Å². The van der Waals surface area contributed by atoms with Crippen molar-refractivity contribution in [2.24, 2.45) is 0 Å². The number of pyridine rings is 2. The number of benzene rings is 7. The summed E-state index contributed by atoms with van der Waals surface area (Å²) in [6, 6.07) is 46.9. The number of nitrogens with zero attached hydrogens (tertiary/aromatic N) is 4. The zero-order valence-corrected chi connectivity index (χ0v) is 40.8. The number of hydrogen-bond acceptors (Lipinski definition) is 2. The highest BCUT2D eigenvalue weighted by Crippen LogP contribution is 2.61. The van der Waals surface area contributed by atoms with Crippen molar-refractivity contribution in [3.63, 3.8) is 0 Å². The molecule has 4 bridgehead atoms. The first-order valence-corrected chi connectivity index (χ1v) is 25.5. The first-order valence-electron chi connectivity index (χ1n) is 25.5. The quantitative estimate of drug-likeness (QED) is 0.152. The van der Waals surface area contributed by atoms with E-state index in [0.717, 1.165) is 0 Å². The van der Waals surface area contributed by atoms with Crippen molar-refractivity contribution in [3.8, 4) is 0 Å². The molecule has 70 heavy (non-hydrogen) atoms. The Balaban J connectivity index is 1.05. The number of hydrogen-bond donors (Lipinski definition) is 0. The Kier molecular flexibility index (Phi) is 6.60. The molecule has 0 aliphatic heterocycles. The van der Waals surface area contributed by atoms with Crippen LogP contribution in [-0.4, -0.2) is 18.8 Å². The molecule has 4 nitrogen and oxygen atoms in total. The van der Waals surface area contributed by atoms with Gasteiger partial charge in [-0.2, -0.15) is 0 Å². The molecule has 0 radical (unpaired) electrons. The number of rotatable bonds is 0. The van der Waals surface area contributed by atoms with Crippen LogP contribution < -0.4 is 0 Å². The lowest BCUT2D eigenvalue weighted by Gasteiger charge is -2.41. The van der Waals surface area contributed by atoms with Gasteiger partial charge in [0.2, 0.25) is 0 Å². The van der Waals surface area contributed by atoms with Gasteiger partial charge in [0, 0.05) is 54.9 Å². The molecule has 0 unspecified atom stereocenters. The maximum absolute atomic E-state index is 5.60. The van der Waals surface area contributed by atoms with Crippen molar-refractivity contribution in [1.82, 2.24) is 18.8 Å². The molecule has 13 aromatic rings. The molecular formula is C66H50N4. The Hall–Kier alpha value is -7.56. The fourth-order valence-corrected chi connectivity index (χ4v) is 15.3. The van der Waals surface area contributed by atoms with Crippen LogP contribution in [0.15, 0.2) is 134 Å². The highest BCUT2D eigenvalue weighted by molar-refractivity contribution is 6.32. The van der Waals surface area contributed by atoms with Gasteiger partial charge >= 0.3 is 0 Å². The maximum atomic E-state index is 5.60. The van der Waals surface area contributed by atoms with E-state index in [1.165, 1.54) is 165 Å². The molecule has 6 heterocycles. The van der Waals surface area contributed by atoms with Crippen LogP contribution in [0.5, 0.6) is 0 Å². The van der Waals surface area contributed by atoms with Gasteiger partial charge in [-0.15, -0.1) is 0 Å². The Morgan fingerprint density at radius 2 is 0.657 bits per heavy atom. The van der Waals surface area contributed by atoms with Gasteiger partial charge in [-0.25, -0.2) is 0 Å². The van der Waals surface area contributed by atoms with E-state index in [1.54, 1.807) is 0 Å². The zero-order chi connectivity index (χ0) is 46.8. The third-order valence-corrected chi connectivity index (χ3v) is 18.2. The van der Waals surface area contributed by atoms with Crippen molar-refractivity contribution in [2.75, 3.05) is 0 Å². The summed E-state index contributed by atoms with van der Waals surface area (Å²) >= 11 is 0. The second-order valence-electron chi connectivity index (χ2n) is 23.6. The molecule has 0 saturated heterocycles. The normalized spacial score (nSPS) is 18.9. The molecule has 0 spiro atoms. The first-order chi connectivity index (χ1) is 33.9. The molecule has 0 N–H and O–H groups in total. The third-order valence-electron chi connectivity index (χ3n) is 18.2. The van der Waals surface area contributed by atoms with Gasteiger partial charge in [0.15, 0.2) is 0 Å². The van der Waals surface area contributed by atoms with Crippen molar-refractivity contribution < 1.29 is 0 Å². The molecule has 19 rings (SSSR count). The molecule has 4 heteroatoms. The van der Waals surface area contributed by atoms with E-state index in [2.05, 4.69) is 198 Å². The summed E-state index contributed by atoms with van der Waals surface area (Å²) in [5, 5.41) is 10.8. The van der Waals surface area contributed by atoms with E-state index in [1.807, 2.05) is 0 Å². The molecule has 6 aliphatic rings. The molecule has 0 amide bonds. The molecule has 6 aromatic heterocycles. The van der Waals surface area contributed by atoms with Gasteiger partial charge in [0.05, 0.1) is 68.7 Å². The van der Waals surface area contributed by atoms with E-state index in [4.69, 9.17) is 9.97 Å². The fourth-order valence-electron chi connectivity index (χ4n) is 15.3. The summed E-state index contributed by atoms with van der Waals surface area (Å²) in [6.45, 7) is 19.1. The van der Waals surface area contributed by atoms with Crippen LogP contribution in [0.2, 0.25) is 0 Å². The van der Waals surface area contributed by atoms with E-state index in [0.29, 0.717) is 0 Å². The first kappa shape index (κ1) is 38.3. The van der Waals surface area contributed by atoms with Crippen LogP contribution >= 0.6 is 0 Å². The maximum Gasteiger partial charge on any atom is 0.0728 e. The summed E-state index contributed by atoms with van der Waals surface area (Å²) in [5.74, 6) is 0.472. The molecule has 7 aromatic carbocycles. The Morgan fingerprint density at radius 1 is 0.371 bits per heavy atom. The minimum Gasteiger partial charge on any atom is -0.306 e. The average Bonchev–Trinajstić information content (AvgIpc) is 4.11. The Bertz CT molecular complexity index is 4210. The van der Waals surface area contributed by atoms with Gasteiger partial charge in [0.1, 0.15) is 0 Å². The lowest BCUT2D eigenvalue weighted by Crippen LogP contribution is -2.28. The van der Waals surface area contributed by atoms with Crippen LogP contribution in [0.4, 0.5) is 0 Å². The van der Waals surface area contributed by atoms with E-state index >= 15 is 0 Å². The van der Waals surface area contributed by atoms with Crippen molar-refractivity contribution in [2.45, 2.75) is 89.9 Å². The smallest absolute Gasteiger partial charge is 0.0728 e. The van der Waals surface area contributed by atoms with Gasteiger partial charge in [-0.1, -0.05) is 139 Å². The Morgan fingerprint density at radius 3 is 0.957 bits per heavy atom. The summed E-state index contributed by atoms with van der Waals surface area (Å²) in [6.07, 6.45) is 4.48. The molecular weight excluding hydrogens is 849 g/mol. The van der Waals surface area contributed by atoms with Gasteiger partial charge < -0.3 is 8.80 Å². The lowest BCUT2D eigenvalue weighted by molar-refractivity contribution is 0.591. The predicted octanol–water partition coefficient (Wildman–Crippen LogP) is 16.0. The van der Waals surface area contributed by atoms with Gasteiger partial charge in [-0.3, -0.25) is 9.97 Å². The summed E-state index contributed by atoms with van der Waals surface area (Å²) in [7, 11) is 0. The zero-order valence-electron chi connectivity index (χ0n) is 40.8. The number of aryl methyl sites for hydroxylation is 2. The summed E-state index contributed by atoms with van der Waals surface area (Å²) < 4.78 is 5.30. The second kappa shape index (κ2) is 12.1. The van der Waals surface area contributed by atoms with Crippen LogP contribution in [0.3, 0.4) is 0 Å². The molecule has 0 saturated carbocycles. The highest BCUT2D eigenvalue weighted by atomic mass is 15.0. The molecule has 0 fully saturated rings. The average molecular weight is 899 g/mol. The second-order valence-corrected chi connectivity index (χ2v) is 23.6. The van der Waals surface area contributed by atoms with Crippen LogP contribution in [0, 0.1) is 13.8 Å². The number of fused-ring (bicyclic) bond motifs is 12. The van der Waals surface area contributed by atoms with E-state index in [-0.39, 0.29) is 34.5 Å². The van der Waals surface area contributed by atoms with Crippen LogP contribution in [0.1, 0.15) is 154 Å². The summed E-state index contributed by atoms with van der Waals surface area (Å²) in [5.41, 5.74) is 29.5. The molecule has 0 atom stereocenters. The predicted molar refractivity (Wildman–Crippen MR) is 288 cm³/mol. The minimum atomic E-state index is -0.0728. The van der Waals surface area contributed by atoms with Crippen molar-refractivity contribution in [1.29, 1.82) is 0 Å². The topological polar surface area (TPSA) is 34.6 Å². The molecule has 334 valence electrons. The van der Waals surface area contributed by atoms with Crippen molar-refractivity contribution in [3.05, 3.63) is 223 Å².